The van der Waals surface area contributed by atoms with E-state index in [-0.39, 0.29) is 0 Å². The summed E-state index contributed by atoms with van der Waals surface area (Å²) in [5, 5.41) is 7.69. The molecule has 2 aliphatic heterocycles. The topological polar surface area (TPSA) is 27.3 Å². The van der Waals surface area contributed by atoms with Crippen LogP contribution in [0.25, 0.3) is 0 Å². The number of anilines is 1. The fraction of sp³-hybridized carbons (Fsp3) is 0.458. The third-order valence-corrected chi connectivity index (χ3v) is 6.48. The third-order valence-electron chi connectivity index (χ3n) is 6.26. The van der Waals surface area contributed by atoms with Crippen molar-refractivity contribution in [2.24, 2.45) is 0 Å². The molecule has 0 aliphatic carbocycles. The Morgan fingerprint density at radius 2 is 1.50 bits per heavy atom. The lowest BCUT2D eigenvalue weighted by Gasteiger charge is -2.49. The van der Waals surface area contributed by atoms with Crippen LogP contribution >= 0.6 is 12.2 Å². The number of thiocarbonyl (C=S) groups is 1. The van der Waals surface area contributed by atoms with E-state index in [2.05, 4.69) is 77.9 Å². The molecule has 2 aromatic carbocycles. The van der Waals surface area contributed by atoms with Crippen molar-refractivity contribution >= 4 is 23.0 Å². The average Bonchev–Trinajstić information content (AvgIpc) is 2.66. The number of benzene rings is 2. The molecule has 0 amide bonds. The predicted molar refractivity (Wildman–Crippen MR) is 122 cm³/mol. The van der Waals surface area contributed by atoms with Crippen molar-refractivity contribution < 1.29 is 0 Å². The van der Waals surface area contributed by atoms with Gasteiger partial charge in [0.25, 0.3) is 0 Å². The summed E-state index contributed by atoms with van der Waals surface area (Å²) in [7, 11) is 0. The number of aryl methyl sites for hydroxylation is 2. The van der Waals surface area contributed by atoms with Crippen molar-refractivity contribution in [3.05, 3.63) is 65.2 Å². The van der Waals surface area contributed by atoms with Gasteiger partial charge in [0, 0.05) is 30.4 Å². The van der Waals surface area contributed by atoms with Crippen molar-refractivity contribution in [1.82, 2.24) is 10.2 Å². The Labute approximate surface area is 174 Å². The molecular weight excluding hydrogens is 362 g/mol. The number of hydrogen-bond acceptors (Lipinski definition) is 2. The first-order chi connectivity index (χ1) is 13.6. The summed E-state index contributed by atoms with van der Waals surface area (Å²) >= 11 is 5.59. The van der Waals surface area contributed by atoms with Crippen LogP contribution in [0, 0.1) is 13.8 Å². The van der Waals surface area contributed by atoms with E-state index in [1.165, 1.54) is 48.8 Å². The van der Waals surface area contributed by atoms with E-state index < -0.39 is 0 Å². The maximum absolute atomic E-state index is 5.59. The molecule has 2 bridgehead atoms. The highest BCUT2D eigenvalue weighted by Gasteiger charge is 2.38. The van der Waals surface area contributed by atoms with Gasteiger partial charge in [-0.1, -0.05) is 53.9 Å². The van der Waals surface area contributed by atoms with Crippen LogP contribution in [0.3, 0.4) is 0 Å². The maximum Gasteiger partial charge on any atom is 0.170 e. The van der Waals surface area contributed by atoms with Crippen molar-refractivity contribution in [2.45, 2.75) is 70.6 Å². The highest BCUT2D eigenvalue weighted by atomic mass is 32.1. The number of nitrogens with zero attached hydrogens (tertiary/aromatic N) is 1. The highest BCUT2D eigenvalue weighted by molar-refractivity contribution is 7.80. The second-order valence-electron chi connectivity index (χ2n) is 8.53. The molecule has 2 fully saturated rings. The fourth-order valence-electron chi connectivity index (χ4n) is 4.75. The zero-order chi connectivity index (χ0) is 19.5. The molecule has 2 N–H and O–H groups in total. The Kier molecular flexibility index (Phi) is 5.98. The molecule has 0 saturated carbocycles. The number of rotatable bonds is 4. The lowest BCUT2D eigenvalue weighted by molar-refractivity contribution is 0.0212. The van der Waals surface area contributed by atoms with E-state index in [0.29, 0.717) is 18.1 Å². The molecule has 0 aromatic heterocycles. The average molecular weight is 394 g/mol. The number of piperidine rings is 2. The lowest BCUT2D eigenvalue weighted by Crippen LogP contribution is -2.56. The molecule has 3 nitrogen and oxygen atoms in total. The van der Waals surface area contributed by atoms with E-state index in [9.17, 15) is 0 Å². The molecule has 0 radical (unpaired) electrons. The van der Waals surface area contributed by atoms with Crippen molar-refractivity contribution in [1.29, 1.82) is 0 Å². The molecule has 0 unspecified atom stereocenters. The summed E-state index contributed by atoms with van der Waals surface area (Å²) in [5.41, 5.74) is 5.09. The van der Waals surface area contributed by atoms with Gasteiger partial charge < -0.3 is 10.6 Å². The molecule has 2 aromatic rings. The van der Waals surface area contributed by atoms with Gasteiger partial charge in [-0.3, -0.25) is 4.90 Å². The highest BCUT2D eigenvalue weighted by Crippen LogP contribution is 2.35. The summed E-state index contributed by atoms with van der Waals surface area (Å²) in [4.78, 5) is 2.75. The Balaban J connectivity index is 1.35. The van der Waals surface area contributed by atoms with E-state index in [0.717, 1.165) is 17.3 Å². The van der Waals surface area contributed by atoms with Crippen LogP contribution in [0.15, 0.2) is 48.5 Å². The maximum atomic E-state index is 5.59. The van der Waals surface area contributed by atoms with Gasteiger partial charge in [0.1, 0.15) is 0 Å². The van der Waals surface area contributed by atoms with Gasteiger partial charge in [0.05, 0.1) is 0 Å². The summed E-state index contributed by atoms with van der Waals surface area (Å²) in [6.07, 6.45) is 6.33. The van der Waals surface area contributed by atoms with Gasteiger partial charge in [0.2, 0.25) is 0 Å². The van der Waals surface area contributed by atoms with Gasteiger partial charge in [-0.05, 0) is 69.4 Å². The Morgan fingerprint density at radius 3 is 2.11 bits per heavy atom. The normalized spacial score (nSPS) is 24.6. The zero-order valence-electron chi connectivity index (χ0n) is 16.9. The molecule has 148 valence electrons. The predicted octanol–water partition coefficient (Wildman–Crippen LogP) is 5.18. The van der Waals surface area contributed by atoms with E-state index >= 15 is 0 Å². The van der Waals surface area contributed by atoms with Gasteiger partial charge >= 0.3 is 0 Å². The summed E-state index contributed by atoms with van der Waals surface area (Å²) in [5.74, 6) is 0. The van der Waals surface area contributed by atoms with Crippen LogP contribution in [0.1, 0.15) is 48.8 Å². The first kappa shape index (κ1) is 19.4. The molecule has 4 rings (SSSR count). The quantitative estimate of drug-likeness (QED) is 0.700. The van der Waals surface area contributed by atoms with Crippen molar-refractivity contribution in [2.75, 3.05) is 5.32 Å². The summed E-state index contributed by atoms with van der Waals surface area (Å²) < 4.78 is 0. The van der Waals surface area contributed by atoms with Crippen LogP contribution in [-0.4, -0.2) is 28.1 Å². The molecule has 0 spiro atoms. The Morgan fingerprint density at radius 1 is 0.929 bits per heavy atom. The van der Waals surface area contributed by atoms with Crippen LogP contribution in [-0.2, 0) is 6.54 Å². The molecule has 2 heterocycles. The monoisotopic (exact) mass is 393 g/mol. The Hall–Kier alpha value is -1.91. The first-order valence-corrected chi connectivity index (χ1v) is 10.9. The minimum absolute atomic E-state index is 0.468. The first-order valence-electron chi connectivity index (χ1n) is 10.5. The molecular formula is C24H31N3S. The molecule has 28 heavy (non-hydrogen) atoms. The molecule has 2 atom stereocenters. The van der Waals surface area contributed by atoms with Gasteiger partial charge in [-0.2, -0.15) is 0 Å². The molecule has 2 saturated heterocycles. The Bertz CT molecular complexity index is 786. The van der Waals surface area contributed by atoms with Gasteiger partial charge in [-0.15, -0.1) is 0 Å². The van der Waals surface area contributed by atoms with Gasteiger partial charge in [-0.25, -0.2) is 0 Å². The van der Waals surface area contributed by atoms with Crippen LogP contribution < -0.4 is 10.6 Å². The zero-order valence-corrected chi connectivity index (χ0v) is 17.8. The van der Waals surface area contributed by atoms with E-state index in [1.54, 1.807) is 0 Å². The summed E-state index contributed by atoms with van der Waals surface area (Å²) in [6.45, 7) is 5.33. The van der Waals surface area contributed by atoms with Crippen LogP contribution in [0.4, 0.5) is 5.69 Å². The van der Waals surface area contributed by atoms with Gasteiger partial charge in [0.15, 0.2) is 5.11 Å². The lowest BCUT2D eigenvalue weighted by atomic mass is 9.81. The largest absolute Gasteiger partial charge is 0.360 e. The van der Waals surface area contributed by atoms with E-state index in [1.807, 2.05) is 0 Å². The summed E-state index contributed by atoms with van der Waals surface area (Å²) in [6, 6.07) is 19.2. The smallest absolute Gasteiger partial charge is 0.170 e. The number of nitrogens with one attached hydrogen (secondary N) is 2. The standard InChI is InChI=1S/C24H31N3S/c1-17-6-10-19(11-7-17)16-27-22-4-3-5-23(27)15-21(14-22)26-24(28)25-20-12-8-18(2)9-13-20/h6-13,21-23H,3-5,14-16H2,1-2H3,(H2,25,26,28)/t22-,23-/m1/s1. The van der Waals surface area contributed by atoms with E-state index in [4.69, 9.17) is 12.2 Å². The van der Waals surface area contributed by atoms with Crippen molar-refractivity contribution in [3.63, 3.8) is 0 Å². The minimum atomic E-state index is 0.468. The second-order valence-corrected chi connectivity index (χ2v) is 8.94. The SMILES string of the molecule is Cc1ccc(CN2[C@@H]3CCC[C@@H]2CC(NC(=S)Nc2ccc(C)cc2)C3)cc1. The second kappa shape index (κ2) is 8.62. The third kappa shape index (κ3) is 4.73. The molecule has 4 heteroatoms. The van der Waals surface area contributed by atoms with Crippen LogP contribution in [0.5, 0.6) is 0 Å². The number of hydrogen-bond donors (Lipinski definition) is 2. The van der Waals surface area contributed by atoms with Crippen molar-refractivity contribution in [3.8, 4) is 0 Å². The number of fused-ring (bicyclic) bond motifs is 2. The fourth-order valence-corrected chi connectivity index (χ4v) is 5.03. The minimum Gasteiger partial charge on any atom is -0.360 e. The molecule has 2 aliphatic rings. The van der Waals surface area contributed by atoms with Crippen LogP contribution in [0.2, 0.25) is 0 Å².